The highest BCUT2D eigenvalue weighted by atomic mass is 16.3. The number of rotatable bonds is 6. The van der Waals surface area contributed by atoms with Crippen molar-refractivity contribution >= 4 is 17.0 Å². The van der Waals surface area contributed by atoms with Gasteiger partial charge in [0.2, 0.25) is 5.91 Å². The van der Waals surface area contributed by atoms with Gasteiger partial charge in [0, 0.05) is 19.9 Å². The Kier molecular flexibility index (Phi) is 4.94. The number of fused-ring (bicyclic) bond motifs is 1. The fourth-order valence-corrected chi connectivity index (χ4v) is 2.83. The van der Waals surface area contributed by atoms with E-state index in [-0.39, 0.29) is 5.91 Å². The fourth-order valence-electron chi connectivity index (χ4n) is 2.83. The summed E-state index contributed by atoms with van der Waals surface area (Å²) in [7, 11) is 0. The van der Waals surface area contributed by atoms with Gasteiger partial charge in [0.15, 0.2) is 11.5 Å². The molecular formula is C20H22N2O2. The monoisotopic (exact) mass is 322 g/mol. The minimum atomic E-state index is 0.00566. The summed E-state index contributed by atoms with van der Waals surface area (Å²) in [5, 5.41) is 2.84. The maximum Gasteiger partial charge on any atom is 0.216 e. The van der Waals surface area contributed by atoms with Gasteiger partial charge in [-0.25, -0.2) is 4.98 Å². The SMILES string of the molecule is CCc1nc2cc(-c3ccccc3)cc(CCCNC(C)=O)c2o1. The van der Waals surface area contributed by atoms with Crippen molar-refractivity contribution in [3.63, 3.8) is 0 Å². The molecule has 1 aromatic heterocycles. The first-order valence-electron chi connectivity index (χ1n) is 8.39. The van der Waals surface area contributed by atoms with Crippen molar-refractivity contribution in [2.24, 2.45) is 0 Å². The first kappa shape index (κ1) is 16.2. The minimum Gasteiger partial charge on any atom is -0.440 e. The zero-order chi connectivity index (χ0) is 16.9. The molecule has 0 saturated carbocycles. The Morgan fingerprint density at radius 3 is 2.67 bits per heavy atom. The predicted octanol–water partition coefficient (Wildman–Crippen LogP) is 4.13. The van der Waals surface area contributed by atoms with E-state index in [0.29, 0.717) is 6.54 Å². The van der Waals surface area contributed by atoms with Crippen LogP contribution in [0, 0.1) is 0 Å². The molecule has 0 radical (unpaired) electrons. The van der Waals surface area contributed by atoms with E-state index in [0.717, 1.165) is 47.4 Å². The van der Waals surface area contributed by atoms with Crippen molar-refractivity contribution in [3.05, 3.63) is 53.9 Å². The van der Waals surface area contributed by atoms with Crippen molar-refractivity contribution in [1.29, 1.82) is 0 Å². The standard InChI is InChI=1S/C20H22N2O2/c1-3-19-22-18-13-17(15-8-5-4-6-9-15)12-16(20(18)24-19)10-7-11-21-14(2)23/h4-6,8-9,12-13H,3,7,10-11H2,1-2H3,(H,21,23). The molecule has 1 heterocycles. The summed E-state index contributed by atoms with van der Waals surface area (Å²) in [5.74, 6) is 0.768. The number of amides is 1. The van der Waals surface area contributed by atoms with Crippen LogP contribution in [-0.4, -0.2) is 17.4 Å². The molecule has 4 heteroatoms. The average molecular weight is 322 g/mol. The van der Waals surface area contributed by atoms with Gasteiger partial charge < -0.3 is 9.73 Å². The molecule has 0 aliphatic heterocycles. The van der Waals surface area contributed by atoms with E-state index in [1.807, 2.05) is 25.1 Å². The highest BCUT2D eigenvalue weighted by molar-refractivity contribution is 5.83. The molecule has 0 spiro atoms. The molecule has 2 aromatic carbocycles. The molecule has 1 amide bonds. The second kappa shape index (κ2) is 7.30. The average Bonchev–Trinajstić information content (AvgIpc) is 3.02. The number of aryl methyl sites for hydroxylation is 2. The molecule has 4 nitrogen and oxygen atoms in total. The largest absolute Gasteiger partial charge is 0.440 e. The van der Waals surface area contributed by atoms with Gasteiger partial charge in [0.05, 0.1) is 0 Å². The van der Waals surface area contributed by atoms with Crippen molar-refractivity contribution < 1.29 is 9.21 Å². The third kappa shape index (κ3) is 3.65. The fraction of sp³-hybridized carbons (Fsp3) is 0.300. The lowest BCUT2D eigenvalue weighted by molar-refractivity contribution is -0.118. The maximum atomic E-state index is 11.0. The smallest absolute Gasteiger partial charge is 0.216 e. The summed E-state index contributed by atoms with van der Waals surface area (Å²) >= 11 is 0. The molecule has 0 aliphatic carbocycles. The summed E-state index contributed by atoms with van der Waals surface area (Å²) in [6, 6.07) is 14.6. The van der Waals surface area contributed by atoms with Gasteiger partial charge in [-0.3, -0.25) is 4.79 Å². The van der Waals surface area contributed by atoms with Crippen molar-refractivity contribution in [1.82, 2.24) is 10.3 Å². The number of aromatic nitrogens is 1. The van der Waals surface area contributed by atoms with Gasteiger partial charge in [-0.05, 0) is 41.7 Å². The van der Waals surface area contributed by atoms with Crippen LogP contribution in [0.25, 0.3) is 22.2 Å². The molecule has 0 saturated heterocycles. The number of nitrogens with one attached hydrogen (secondary N) is 1. The summed E-state index contributed by atoms with van der Waals surface area (Å²) in [6.07, 6.45) is 2.49. The molecule has 0 unspecified atom stereocenters. The van der Waals surface area contributed by atoms with Crippen LogP contribution in [0.1, 0.15) is 31.7 Å². The Balaban J connectivity index is 1.94. The summed E-state index contributed by atoms with van der Waals surface area (Å²) in [4.78, 5) is 15.6. The van der Waals surface area contributed by atoms with Crippen LogP contribution >= 0.6 is 0 Å². The number of hydrogen-bond acceptors (Lipinski definition) is 3. The molecule has 0 fully saturated rings. The molecule has 0 atom stereocenters. The minimum absolute atomic E-state index is 0.00566. The molecule has 124 valence electrons. The van der Waals surface area contributed by atoms with Crippen molar-refractivity contribution in [2.45, 2.75) is 33.1 Å². The van der Waals surface area contributed by atoms with E-state index in [1.165, 1.54) is 12.5 Å². The van der Waals surface area contributed by atoms with Crippen molar-refractivity contribution in [2.75, 3.05) is 6.54 Å². The van der Waals surface area contributed by atoms with Gasteiger partial charge >= 0.3 is 0 Å². The van der Waals surface area contributed by atoms with E-state index < -0.39 is 0 Å². The Morgan fingerprint density at radius 2 is 1.96 bits per heavy atom. The summed E-state index contributed by atoms with van der Waals surface area (Å²) < 4.78 is 5.92. The van der Waals surface area contributed by atoms with Crippen LogP contribution in [-0.2, 0) is 17.6 Å². The van der Waals surface area contributed by atoms with Crippen LogP contribution < -0.4 is 5.32 Å². The number of carbonyl (C=O) groups is 1. The van der Waals surface area contributed by atoms with Crippen LogP contribution in [0.4, 0.5) is 0 Å². The van der Waals surface area contributed by atoms with Gasteiger partial charge in [-0.1, -0.05) is 37.3 Å². The quantitative estimate of drug-likeness (QED) is 0.694. The van der Waals surface area contributed by atoms with E-state index in [1.54, 1.807) is 0 Å². The third-order valence-corrected chi connectivity index (χ3v) is 4.02. The first-order valence-corrected chi connectivity index (χ1v) is 8.39. The Morgan fingerprint density at radius 1 is 1.17 bits per heavy atom. The highest BCUT2D eigenvalue weighted by Crippen LogP contribution is 2.29. The molecule has 3 rings (SSSR count). The number of carbonyl (C=O) groups excluding carboxylic acids is 1. The lowest BCUT2D eigenvalue weighted by Crippen LogP contribution is -2.21. The maximum absolute atomic E-state index is 11.0. The molecule has 1 N–H and O–H groups in total. The highest BCUT2D eigenvalue weighted by Gasteiger charge is 2.12. The molecule has 24 heavy (non-hydrogen) atoms. The third-order valence-electron chi connectivity index (χ3n) is 4.02. The van der Waals surface area contributed by atoms with Crippen LogP contribution in [0.2, 0.25) is 0 Å². The molecule has 0 aliphatic rings. The lowest BCUT2D eigenvalue weighted by atomic mass is 10.00. The zero-order valence-corrected chi connectivity index (χ0v) is 14.1. The van der Waals surface area contributed by atoms with Gasteiger partial charge in [-0.2, -0.15) is 0 Å². The first-order chi connectivity index (χ1) is 11.7. The van der Waals surface area contributed by atoms with E-state index in [2.05, 4.69) is 34.6 Å². The number of hydrogen-bond donors (Lipinski definition) is 1. The van der Waals surface area contributed by atoms with E-state index in [9.17, 15) is 4.79 Å². The molecular weight excluding hydrogens is 300 g/mol. The number of nitrogens with zero attached hydrogens (tertiary/aromatic N) is 1. The second-order valence-electron chi connectivity index (χ2n) is 5.90. The van der Waals surface area contributed by atoms with Crippen molar-refractivity contribution in [3.8, 4) is 11.1 Å². The number of oxazole rings is 1. The van der Waals surface area contributed by atoms with Crippen LogP contribution in [0.3, 0.4) is 0 Å². The summed E-state index contributed by atoms with van der Waals surface area (Å²) in [6.45, 7) is 4.25. The second-order valence-corrected chi connectivity index (χ2v) is 5.90. The lowest BCUT2D eigenvalue weighted by Gasteiger charge is -2.07. The number of benzene rings is 2. The Hall–Kier alpha value is -2.62. The van der Waals surface area contributed by atoms with Gasteiger partial charge in [0.1, 0.15) is 5.52 Å². The normalized spacial score (nSPS) is 10.9. The Bertz CT molecular complexity index is 837. The summed E-state index contributed by atoms with van der Waals surface area (Å²) in [5.41, 5.74) is 5.23. The Labute approximate surface area is 141 Å². The van der Waals surface area contributed by atoms with E-state index in [4.69, 9.17) is 4.42 Å². The van der Waals surface area contributed by atoms with Crippen LogP contribution in [0.5, 0.6) is 0 Å². The van der Waals surface area contributed by atoms with E-state index >= 15 is 0 Å². The molecule has 3 aromatic rings. The predicted molar refractivity (Wildman–Crippen MR) is 95.8 cm³/mol. The van der Waals surface area contributed by atoms with Gasteiger partial charge in [-0.15, -0.1) is 0 Å². The molecule has 0 bridgehead atoms. The zero-order valence-electron chi connectivity index (χ0n) is 14.1. The van der Waals surface area contributed by atoms with Crippen LogP contribution in [0.15, 0.2) is 46.9 Å². The topological polar surface area (TPSA) is 55.1 Å². The van der Waals surface area contributed by atoms with Gasteiger partial charge in [0.25, 0.3) is 0 Å².